The minimum atomic E-state index is -0.789. The summed E-state index contributed by atoms with van der Waals surface area (Å²) in [5.41, 5.74) is 0. The Labute approximate surface area is 371 Å². The molecule has 0 spiro atoms. The molecule has 0 radical (unpaired) electrons. The van der Waals surface area contributed by atoms with Crippen molar-refractivity contribution in [2.24, 2.45) is 0 Å². The molecule has 0 aromatic heterocycles. The fourth-order valence-electron chi connectivity index (χ4n) is 7.12. The maximum absolute atomic E-state index is 12.8. The van der Waals surface area contributed by atoms with E-state index in [-0.39, 0.29) is 31.1 Å². The number of carbonyl (C=O) groups is 3. The summed E-state index contributed by atoms with van der Waals surface area (Å²) in [5.74, 6) is -0.936. The van der Waals surface area contributed by atoms with Crippen LogP contribution in [0, 0.1) is 0 Å². The van der Waals surface area contributed by atoms with Gasteiger partial charge in [-0.05, 0) is 96.3 Å². The van der Waals surface area contributed by atoms with Gasteiger partial charge in [-0.2, -0.15) is 0 Å². The molecular formula is C54H96O6. The highest BCUT2D eigenvalue weighted by atomic mass is 16.6. The second-order valence-electron chi connectivity index (χ2n) is 17.1. The number of hydrogen-bond donors (Lipinski definition) is 0. The van der Waals surface area contributed by atoms with E-state index in [0.717, 1.165) is 77.0 Å². The van der Waals surface area contributed by atoms with Crippen molar-refractivity contribution >= 4 is 17.9 Å². The van der Waals surface area contributed by atoms with E-state index in [1.165, 1.54) is 135 Å². The quantitative estimate of drug-likeness (QED) is 0.0263. The number of ether oxygens (including phenoxy) is 3. The van der Waals surface area contributed by atoms with Crippen LogP contribution < -0.4 is 0 Å². The third-order valence-corrected chi connectivity index (χ3v) is 11.0. The van der Waals surface area contributed by atoms with Crippen LogP contribution in [-0.4, -0.2) is 37.2 Å². The summed E-state index contributed by atoms with van der Waals surface area (Å²) >= 11 is 0. The van der Waals surface area contributed by atoms with Gasteiger partial charge < -0.3 is 14.2 Å². The van der Waals surface area contributed by atoms with Crippen molar-refractivity contribution in [2.45, 2.75) is 264 Å². The standard InChI is InChI=1S/C54H96O6/c1-4-7-10-13-16-19-21-23-25-27-29-30-32-35-38-41-44-47-53(56)59-50-51(49-58-52(55)46-43-40-37-34-18-15-12-9-6-3)60-54(57)48-45-42-39-36-33-31-28-26-24-22-20-17-14-11-8-5-2/h16,19,23,25-26,28,34,37,51H,4-15,17-18,20-22,24,27,29-33,35-36,38-50H2,1-3H3/b19-16-,25-23-,28-26-,37-34-. The lowest BCUT2D eigenvalue weighted by Gasteiger charge is -2.18. The summed E-state index contributed by atoms with van der Waals surface area (Å²) in [6.07, 6.45) is 58.2. The van der Waals surface area contributed by atoms with Gasteiger partial charge in [-0.15, -0.1) is 0 Å². The normalized spacial score (nSPS) is 12.4. The molecule has 0 saturated heterocycles. The van der Waals surface area contributed by atoms with Crippen molar-refractivity contribution in [3.05, 3.63) is 48.6 Å². The van der Waals surface area contributed by atoms with E-state index in [2.05, 4.69) is 69.4 Å². The predicted octanol–water partition coefficient (Wildman–Crippen LogP) is 16.7. The summed E-state index contributed by atoms with van der Waals surface area (Å²) < 4.78 is 16.7. The van der Waals surface area contributed by atoms with Crippen molar-refractivity contribution in [3.8, 4) is 0 Å². The monoisotopic (exact) mass is 841 g/mol. The first-order valence-corrected chi connectivity index (χ1v) is 25.6. The highest BCUT2D eigenvalue weighted by Gasteiger charge is 2.19. The molecule has 0 bridgehead atoms. The van der Waals surface area contributed by atoms with Crippen molar-refractivity contribution < 1.29 is 28.6 Å². The van der Waals surface area contributed by atoms with E-state index in [1.54, 1.807) is 0 Å². The van der Waals surface area contributed by atoms with E-state index in [1.807, 2.05) is 0 Å². The van der Waals surface area contributed by atoms with Crippen LogP contribution in [-0.2, 0) is 28.6 Å². The van der Waals surface area contributed by atoms with Gasteiger partial charge in [0.25, 0.3) is 0 Å². The third kappa shape index (κ3) is 46.4. The molecule has 0 aromatic rings. The number of rotatable bonds is 46. The van der Waals surface area contributed by atoms with Crippen LogP contribution in [0.3, 0.4) is 0 Å². The minimum Gasteiger partial charge on any atom is -0.462 e. The summed E-state index contributed by atoms with van der Waals surface area (Å²) in [4.78, 5) is 37.8. The van der Waals surface area contributed by atoms with Gasteiger partial charge in [-0.25, -0.2) is 0 Å². The van der Waals surface area contributed by atoms with Crippen LogP contribution in [0.4, 0.5) is 0 Å². The summed E-state index contributed by atoms with van der Waals surface area (Å²) in [7, 11) is 0. The molecule has 0 aliphatic heterocycles. The Kier molecular flexibility index (Phi) is 46.9. The fraction of sp³-hybridized carbons (Fsp3) is 0.796. The fourth-order valence-corrected chi connectivity index (χ4v) is 7.12. The molecule has 0 aliphatic rings. The largest absolute Gasteiger partial charge is 0.462 e. The van der Waals surface area contributed by atoms with Crippen LogP contribution in [0.2, 0.25) is 0 Å². The first-order chi connectivity index (χ1) is 29.5. The molecule has 60 heavy (non-hydrogen) atoms. The molecule has 348 valence electrons. The molecular weight excluding hydrogens is 745 g/mol. The van der Waals surface area contributed by atoms with Gasteiger partial charge in [0.05, 0.1) is 0 Å². The SMILES string of the molecule is CCCCC/C=C\C/C=C\CCCCCCCCCC(=O)OCC(COC(=O)CCC/C=C\CCCCCC)OC(=O)CCCCCCC/C=C\CCCCCCCCC. The predicted molar refractivity (Wildman–Crippen MR) is 256 cm³/mol. The molecule has 0 saturated carbocycles. The third-order valence-electron chi connectivity index (χ3n) is 11.0. The summed E-state index contributed by atoms with van der Waals surface area (Å²) in [5, 5.41) is 0. The molecule has 0 N–H and O–H groups in total. The highest BCUT2D eigenvalue weighted by Crippen LogP contribution is 2.14. The Hall–Kier alpha value is -2.63. The zero-order valence-corrected chi connectivity index (χ0v) is 39.7. The Bertz CT molecular complexity index is 1060. The zero-order chi connectivity index (χ0) is 43.7. The van der Waals surface area contributed by atoms with Crippen molar-refractivity contribution in [3.63, 3.8) is 0 Å². The van der Waals surface area contributed by atoms with Crippen molar-refractivity contribution in [1.82, 2.24) is 0 Å². The van der Waals surface area contributed by atoms with Crippen LogP contribution in [0.5, 0.6) is 0 Å². The Morgan fingerprint density at radius 2 is 0.617 bits per heavy atom. The Morgan fingerprint density at radius 3 is 1.05 bits per heavy atom. The molecule has 1 unspecified atom stereocenters. The van der Waals surface area contributed by atoms with Gasteiger partial charge in [0, 0.05) is 19.3 Å². The molecule has 1 atom stereocenters. The number of carbonyl (C=O) groups excluding carboxylic acids is 3. The van der Waals surface area contributed by atoms with Gasteiger partial charge in [0.1, 0.15) is 13.2 Å². The maximum Gasteiger partial charge on any atom is 0.306 e. The summed E-state index contributed by atoms with van der Waals surface area (Å²) in [6, 6.07) is 0. The smallest absolute Gasteiger partial charge is 0.306 e. The van der Waals surface area contributed by atoms with E-state index in [0.29, 0.717) is 25.7 Å². The molecule has 6 heteroatoms. The average molecular weight is 841 g/mol. The van der Waals surface area contributed by atoms with E-state index in [4.69, 9.17) is 14.2 Å². The number of esters is 3. The van der Waals surface area contributed by atoms with Gasteiger partial charge in [0.2, 0.25) is 0 Å². The molecule has 0 fully saturated rings. The average Bonchev–Trinajstić information content (AvgIpc) is 3.24. The van der Waals surface area contributed by atoms with E-state index in [9.17, 15) is 14.4 Å². The van der Waals surface area contributed by atoms with Crippen LogP contribution >= 0.6 is 0 Å². The molecule has 6 nitrogen and oxygen atoms in total. The lowest BCUT2D eigenvalue weighted by Crippen LogP contribution is -2.30. The number of hydrogen-bond acceptors (Lipinski definition) is 6. The van der Waals surface area contributed by atoms with Gasteiger partial charge >= 0.3 is 17.9 Å². The van der Waals surface area contributed by atoms with Crippen molar-refractivity contribution in [2.75, 3.05) is 13.2 Å². The number of allylic oxidation sites excluding steroid dienone is 8. The van der Waals surface area contributed by atoms with Gasteiger partial charge in [-0.3, -0.25) is 14.4 Å². The first-order valence-electron chi connectivity index (χ1n) is 25.6. The Morgan fingerprint density at radius 1 is 0.333 bits per heavy atom. The minimum absolute atomic E-state index is 0.0885. The van der Waals surface area contributed by atoms with E-state index >= 15 is 0 Å². The molecule has 0 aromatic carbocycles. The first kappa shape index (κ1) is 57.4. The lowest BCUT2D eigenvalue weighted by molar-refractivity contribution is -0.167. The maximum atomic E-state index is 12.8. The van der Waals surface area contributed by atoms with Gasteiger partial charge in [-0.1, -0.05) is 191 Å². The molecule has 0 amide bonds. The topological polar surface area (TPSA) is 78.9 Å². The van der Waals surface area contributed by atoms with E-state index < -0.39 is 6.10 Å². The second kappa shape index (κ2) is 49.0. The van der Waals surface area contributed by atoms with Crippen LogP contribution in [0.25, 0.3) is 0 Å². The second-order valence-corrected chi connectivity index (χ2v) is 17.1. The van der Waals surface area contributed by atoms with Crippen LogP contribution in [0.1, 0.15) is 258 Å². The Balaban J connectivity index is 4.35. The van der Waals surface area contributed by atoms with Gasteiger partial charge in [0.15, 0.2) is 6.10 Å². The van der Waals surface area contributed by atoms with Crippen LogP contribution in [0.15, 0.2) is 48.6 Å². The molecule has 0 rings (SSSR count). The zero-order valence-electron chi connectivity index (χ0n) is 39.7. The highest BCUT2D eigenvalue weighted by molar-refractivity contribution is 5.71. The molecule has 0 heterocycles. The number of unbranched alkanes of at least 4 members (excludes halogenated alkanes) is 27. The summed E-state index contributed by atoms with van der Waals surface area (Å²) in [6.45, 7) is 6.55. The lowest BCUT2D eigenvalue weighted by atomic mass is 10.1. The molecule has 0 aliphatic carbocycles. The van der Waals surface area contributed by atoms with Crippen molar-refractivity contribution in [1.29, 1.82) is 0 Å².